The van der Waals surface area contributed by atoms with Gasteiger partial charge < -0.3 is 10.1 Å². The van der Waals surface area contributed by atoms with Gasteiger partial charge in [-0.15, -0.1) is 0 Å². The molecule has 0 bridgehead atoms. The second-order valence-electron chi connectivity index (χ2n) is 7.63. The van der Waals surface area contributed by atoms with E-state index < -0.39 is 16.1 Å². The summed E-state index contributed by atoms with van der Waals surface area (Å²) in [7, 11) is 0. The molecule has 1 saturated heterocycles. The second kappa shape index (κ2) is 9.90. The van der Waals surface area contributed by atoms with Crippen LogP contribution in [0.15, 0.2) is 52.4 Å². The van der Waals surface area contributed by atoms with Gasteiger partial charge in [-0.2, -0.15) is 0 Å². The maximum Gasteiger partial charge on any atom is 0.271 e. The Kier molecular flexibility index (Phi) is 6.96. The van der Waals surface area contributed by atoms with Crippen LogP contribution in [0.4, 0.5) is 11.4 Å². The monoisotopic (exact) mass is 488 g/mol. The maximum absolute atomic E-state index is 13.2. The lowest BCUT2D eigenvalue weighted by Gasteiger charge is -2.18. The van der Waals surface area contributed by atoms with E-state index in [2.05, 4.69) is 10.3 Å². The predicted octanol–water partition coefficient (Wildman–Crippen LogP) is 4.26. The first-order chi connectivity index (χ1) is 15.8. The summed E-state index contributed by atoms with van der Waals surface area (Å²) in [4.78, 5) is 41.2. The number of anilines is 1. The number of hydrogen-bond acceptors (Lipinski definition) is 7. The number of halogens is 1. The van der Waals surface area contributed by atoms with Crippen molar-refractivity contribution in [3.05, 3.63) is 68.0 Å². The van der Waals surface area contributed by atoms with Gasteiger partial charge in [-0.1, -0.05) is 35.5 Å². The Morgan fingerprint density at radius 3 is 2.91 bits per heavy atom. The Balaban J connectivity index is 1.61. The number of fused-ring (bicyclic) bond motifs is 1. The number of carbonyl (C=O) groups excluding carboxylic acids is 1. The highest BCUT2D eigenvalue weighted by Gasteiger charge is 2.24. The number of aromatic nitrogens is 2. The van der Waals surface area contributed by atoms with E-state index in [-0.39, 0.29) is 28.1 Å². The van der Waals surface area contributed by atoms with Crippen LogP contribution in [-0.4, -0.2) is 38.3 Å². The number of nitro benzene ring substituents is 1. The van der Waals surface area contributed by atoms with E-state index in [1.54, 1.807) is 35.8 Å². The normalized spacial score (nSPS) is 16.6. The van der Waals surface area contributed by atoms with Crippen molar-refractivity contribution in [3.8, 4) is 0 Å². The van der Waals surface area contributed by atoms with Crippen LogP contribution in [0.25, 0.3) is 10.9 Å². The summed E-state index contributed by atoms with van der Waals surface area (Å²) in [5.74, 6) is -0.423. The number of non-ortho nitro benzene ring substituents is 1. The van der Waals surface area contributed by atoms with Crippen molar-refractivity contribution in [1.29, 1.82) is 0 Å². The van der Waals surface area contributed by atoms with Crippen LogP contribution in [0.1, 0.15) is 19.8 Å². The van der Waals surface area contributed by atoms with E-state index in [1.165, 1.54) is 18.2 Å². The largest absolute Gasteiger partial charge is 0.376 e. The van der Waals surface area contributed by atoms with E-state index in [0.29, 0.717) is 29.2 Å². The summed E-state index contributed by atoms with van der Waals surface area (Å²) >= 11 is 7.23. The van der Waals surface area contributed by atoms with Gasteiger partial charge in [-0.05, 0) is 38.0 Å². The summed E-state index contributed by atoms with van der Waals surface area (Å²) in [6.45, 7) is 2.68. The minimum atomic E-state index is -0.663. The number of hydrogen-bond donors (Lipinski definition) is 1. The average Bonchev–Trinajstić information content (AvgIpc) is 3.31. The van der Waals surface area contributed by atoms with E-state index in [9.17, 15) is 19.7 Å². The fourth-order valence-electron chi connectivity index (χ4n) is 3.56. The molecular weight excluding hydrogens is 468 g/mol. The third-order valence-corrected chi connectivity index (χ3v) is 6.73. The molecular formula is C22H21ClN4O5S. The lowest BCUT2D eigenvalue weighted by atomic mass is 10.2. The zero-order valence-electron chi connectivity index (χ0n) is 17.7. The fourth-order valence-corrected chi connectivity index (χ4v) is 4.64. The number of nitrogens with zero attached hydrogens (tertiary/aromatic N) is 3. The molecule has 1 amide bonds. The summed E-state index contributed by atoms with van der Waals surface area (Å²) in [5.41, 5.74) is 0.319. The fraction of sp³-hybridized carbons (Fsp3) is 0.318. The van der Waals surface area contributed by atoms with Gasteiger partial charge in [0.1, 0.15) is 0 Å². The molecule has 0 unspecified atom stereocenters. The molecule has 0 spiro atoms. The number of para-hydroxylation sites is 1. The van der Waals surface area contributed by atoms with Gasteiger partial charge in [0, 0.05) is 18.7 Å². The van der Waals surface area contributed by atoms with E-state index in [4.69, 9.17) is 16.3 Å². The predicted molar refractivity (Wildman–Crippen MR) is 127 cm³/mol. The van der Waals surface area contributed by atoms with Crippen LogP contribution in [0.5, 0.6) is 0 Å². The van der Waals surface area contributed by atoms with Crippen molar-refractivity contribution in [3.63, 3.8) is 0 Å². The van der Waals surface area contributed by atoms with Crippen LogP contribution in [0.2, 0.25) is 5.02 Å². The summed E-state index contributed by atoms with van der Waals surface area (Å²) in [6, 6.07) is 10.9. The number of carbonyl (C=O) groups is 1. The van der Waals surface area contributed by atoms with Crippen molar-refractivity contribution in [2.75, 3.05) is 11.9 Å². The van der Waals surface area contributed by atoms with Gasteiger partial charge in [0.05, 0.1) is 44.4 Å². The molecule has 1 aromatic heterocycles. The van der Waals surface area contributed by atoms with Gasteiger partial charge in [0.15, 0.2) is 5.16 Å². The average molecular weight is 489 g/mol. The Hall–Kier alpha value is -2.95. The van der Waals surface area contributed by atoms with E-state index in [0.717, 1.165) is 24.6 Å². The van der Waals surface area contributed by atoms with E-state index >= 15 is 0 Å². The van der Waals surface area contributed by atoms with Crippen molar-refractivity contribution in [2.45, 2.75) is 42.8 Å². The molecule has 9 nitrogen and oxygen atoms in total. The minimum absolute atomic E-state index is 0.0854. The van der Waals surface area contributed by atoms with Gasteiger partial charge in [-0.25, -0.2) is 4.98 Å². The van der Waals surface area contributed by atoms with Crippen LogP contribution >= 0.6 is 23.4 Å². The third kappa shape index (κ3) is 5.18. The zero-order valence-corrected chi connectivity index (χ0v) is 19.3. The molecule has 1 fully saturated rings. The van der Waals surface area contributed by atoms with Crippen LogP contribution < -0.4 is 10.9 Å². The van der Waals surface area contributed by atoms with Gasteiger partial charge in [0.2, 0.25) is 5.91 Å². The number of nitrogens with one attached hydrogen (secondary N) is 1. The first kappa shape index (κ1) is 23.2. The number of amides is 1. The lowest BCUT2D eigenvalue weighted by Crippen LogP contribution is -2.30. The van der Waals surface area contributed by atoms with Crippen LogP contribution in [0, 0.1) is 10.1 Å². The number of ether oxygens (including phenoxy) is 1. The van der Waals surface area contributed by atoms with Gasteiger partial charge in [0.25, 0.3) is 11.2 Å². The number of thioether (sulfide) groups is 1. The molecule has 1 aliphatic heterocycles. The first-order valence-electron chi connectivity index (χ1n) is 10.4. The molecule has 11 heteroatoms. The molecule has 0 radical (unpaired) electrons. The molecule has 0 aliphatic carbocycles. The SMILES string of the molecule is C[C@H](Sc1nc2ccccc2c(=O)n1C[C@@H]1CCCO1)C(=O)Nc1cc([N+](=O)[O-])ccc1Cl. The lowest BCUT2D eigenvalue weighted by molar-refractivity contribution is -0.384. The molecule has 0 saturated carbocycles. The van der Waals surface area contributed by atoms with Crippen molar-refractivity contribution >= 4 is 51.5 Å². The minimum Gasteiger partial charge on any atom is -0.376 e. The summed E-state index contributed by atoms with van der Waals surface area (Å²) in [6.07, 6.45) is 1.70. The Labute approximate surface area is 198 Å². The summed E-state index contributed by atoms with van der Waals surface area (Å²) < 4.78 is 7.27. The molecule has 4 rings (SSSR count). The highest BCUT2D eigenvalue weighted by molar-refractivity contribution is 8.00. The van der Waals surface area contributed by atoms with Gasteiger partial charge in [-0.3, -0.25) is 24.3 Å². The quantitative estimate of drug-likeness (QED) is 0.228. The highest BCUT2D eigenvalue weighted by Crippen LogP contribution is 2.29. The topological polar surface area (TPSA) is 116 Å². The molecule has 3 aromatic rings. The maximum atomic E-state index is 13.2. The Morgan fingerprint density at radius 1 is 1.39 bits per heavy atom. The second-order valence-corrected chi connectivity index (χ2v) is 9.35. The molecule has 1 N–H and O–H groups in total. The number of nitro groups is 1. The highest BCUT2D eigenvalue weighted by atomic mass is 35.5. The molecule has 172 valence electrons. The Morgan fingerprint density at radius 2 is 2.18 bits per heavy atom. The number of benzene rings is 2. The standard InChI is InChI=1S/C22H21ClN4O5S/c1-13(20(28)24-19-11-14(27(30)31)8-9-17(19)23)33-22-25-18-7-3-2-6-16(18)21(29)26(22)12-15-5-4-10-32-15/h2-3,6-9,11,13,15H,4-5,10,12H2,1H3,(H,24,28)/t13-,15-/m0/s1. The smallest absolute Gasteiger partial charge is 0.271 e. The van der Waals surface area contributed by atoms with Crippen LogP contribution in [0.3, 0.4) is 0 Å². The van der Waals surface area contributed by atoms with Gasteiger partial charge >= 0.3 is 0 Å². The van der Waals surface area contributed by atoms with E-state index in [1.807, 2.05) is 0 Å². The van der Waals surface area contributed by atoms with Crippen molar-refractivity contribution < 1.29 is 14.5 Å². The molecule has 33 heavy (non-hydrogen) atoms. The first-order valence-corrected chi connectivity index (χ1v) is 11.6. The van der Waals surface area contributed by atoms with Crippen LogP contribution in [-0.2, 0) is 16.1 Å². The molecule has 1 aliphatic rings. The Bertz CT molecular complexity index is 1280. The van der Waals surface area contributed by atoms with Crippen molar-refractivity contribution in [2.24, 2.45) is 0 Å². The van der Waals surface area contributed by atoms with Crippen molar-refractivity contribution in [1.82, 2.24) is 9.55 Å². The zero-order chi connectivity index (χ0) is 23.5. The molecule has 2 atom stereocenters. The summed E-state index contributed by atoms with van der Waals surface area (Å²) in [5, 5.41) is 14.1. The molecule has 2 aromatic carbocycles. The molecule has 2 heterocycles. The third-order valence-electron chi connectivity index (χ3n) is 5.31. The number of rotatable bonds is 7.